The van der Waals surface area contributed by atoms with Gasteiger partial charge in [0, 0.05) is 18.9 Å². The van der Waals surface area contributed by atoms with E-state index in [0.29, 0.717) is 22.2 Å². The number of benzene rings is 2. The number of esters is 2. The number of carbonyl (C=O) groups excluding carboxylic acids is 3. The molecule has 3 aliphatic rings. The summed E-state index contributed by atoms with van der Waals surface area (Å²) in [5.41, 5.74) is -0.415. The van der Waals surface area contributed by atoms with Crippen molar-refractivity contribution in [2.45, 2.75) is 64.1 Å². The van der Waals surface area contributed by atoms with E-state index in [2.05, 4.69) is 0 Å². The minimum absolute atomic E-state index is 0.0567. The number of carbonyl (C=O) groups is 3. The monoisotopic (exact) mass is 532 g/mol. The van der Waals surface area contributed by atoms with Gasteiger partial charge in [-0.15, -0.1) is 0 Å². The number of hydrogen-bond acceptors (Lipinski definition) is 9. The SMILES string of the molecule is CC(=O)OC(c1nc2ccccc2c(=O)n1C1C[C@]2(OC1=O)c1ccccc1N1C(=O)C(C)N(O)C12)C(C)C. The smallest absolute Gasteiger partial charge is 0.330 e. The van der Waals surface area contributed by atoms with Crippen LogP contribution in [0.15, 0.2) is 53.3 Å². The van der Waals surface area contributed by atoms with Crippen LogP contribution >= 0.6 is 0 Å². The highest BCUT2D eigenvalue weighted by Crippen LogP contribution is 2.57. The quantitative estimate of drug-likeness (QED) is 0.504. The third kappa shape index (κ3) is 3.46. The molecule has 6 rings (SSSR count). The van der Waals surface area contributed by atoms with Gasteiger partial charge in [0.2, 0.25) is 5.91 Å². The number of hydrogen-bond donors (Lipinski definition) is 1. The molecule has 1 aromatic heterocycles. The normalized spacial score (nSPS) is 26.8. The van der Waals surface area contributed by atoms with Crippen molar-refractivity contribution in [2.75, 3.05) is 4.90 Å². The Labute approximate surface area is 223 Å². The Bertz CT molecular complexity index is 1600. The average Bonchev–Trinajstić information content (AvgIpc) is 3.47. The van der Waals surface area contributed by atoms with E-state index in [9.17, 15) is 24.4 Å². The number of fused-ring (bicyclic) bond motifs is 6. The predicted molar refractivity (Wildman–Crippen MR) is 138 cm³/mol. The Morgan fingerprint density at radius 3 is 2.54 bits per heavy atom. The van der Waals surface area contributed by atoms with Gasteiger partial charge in [-0.25, -0.2) is 9.78 Å². The molecule has 0 aliphatic carbocycles. The van der Waals surface area contributed by atoms with Gasteiger partial charge in [0.1, 0.15) is 12.1 Å². The maximum atomic E-state index is 14.0. The van der Waals surface area contributed by atoms with Crippen LogP contribution in [0.2, 0.25) is 0 Å². The number of para-hydroxylation sites is 2. The molecule has 2 fully saturated rings. The van der Waals surface area contributed by atoms with Crippen molar-refractivity contribution in [2.24, 2.45) is 5.92 Å². The largest absolute Gasteiger partial charge is 0.454 e. The zero-order chi connectivity index (χ0) is 27.8. The number of anilines is 1. The van der Waals surface area contributed by atoms with Crippen molar-refractivity contribution in [1.82, 2.24) is 14.6 Å². The zero-order valence-electron chi connectivity index (χ0n) is 21.9. The van der Waals surface area contributed by atoms with Crippen molar-refractivity contribution in [3.8, 4) is 0 Å². The summed E-state index contributed by atoms with van der Waals surface area (Å²) < 4.78 is 13.0. The van der Waals surface area contributed by atoms with Gasteiger partial charge in [0.25, 0.3) is 5.56 Å². The number of hydroxylamine groups is 2. The molecular formula is C28H28N4O7. The standard InChI is InChI=1S/C28H28N4O7/c1-14(2)22(38-16(4)33)23-29-19-11-7-5-9-17(19)25(35)30(23)21-13-28(39-26(21)36)18-10-6-8-12-20(18)31-24(34)15(3)32(37)27(28)31/h5-12,14-15,21-22,27,37H,13H2,1-4H3/t15?,21?,22?,27?,28-/m0/s1. The number of nitrogens with zero attached hydrogens (tertiary/aromatic N) is 4. The lowest BCUT2D eigenvalue weighted by atomic mass is 9.88. The average molecular weight is 533 g/mol. The minimum Gasteiger partial charge on any atom is -0.454 e. The summed E-state index contributed by atoms with van der Waals surface area (Å²) in [6, 6.07) is 11.8. The fraction of sp³-hybridized carbons (Fsp3) is 0.393. The second-order valence-electron chi connectivity index (χ2n) is 10.6. The molecule has 4 unspecified atom stereocenters. The number of aromatic nitrogens is 2. The van der Waals surface area contributed by atoms with E-state index >= 15 is 0 Å². The molecule has 2 aromatic carbocycles. The van der Waals surface area contributed by atoms with Crippen LogP contribution < -0.4 is 10.5 Å². The van der Waals surface area contributed by atoms with Crippen LogP contribution in [0.3, 0.4) is 0 Å². The Morgan fingerprint density at radius 2 is 1.82 bits per heavy atom. The van der Waals surface area contributed by atoms with E-state index in [1.54, 1.807) is 55.5 Å². The highest BCUT2D eigenvalue weighted by atomic mass is 16.6. The third-order valence-electron chi connectivity index (χ3n) is 7.87. The summed E-state index contributed by atoms with van der Waals surface area (Å²) >= 11 is 0. The van der Waals surface area contributed by atoms with Crippen LogP contribution in [-0.2, 0) is 29.5 Å². The molecule has 4 heterocycles. The highest BCUT2D eigenvalue weighted by Gasteiger charge is 2.67. The van der Waals surface area contributed by atoms with E-state index in [1.165, 1.54) is 16.4 Å². The van der Waals surface area contributed by atoms with Crippen LogP contribution in [0, 0.1) is 5.92 Å². The Morgan fingerprint density at radius 1 is 1.13 bits per heavy atom. The van der Waals surface area contributed by atoms with Crippen LogP contribution in [0.25, 0.3) is 10.9 Å². The number of amides is 1. The molecule has 11 nitrogen and oxygen atoms in total. The molecule has 202 valence electrons. The molecule has 3 aromatic rings. The van der Waals surface area contributed by atoms with Gasteiger partial charge >= 0.3 is 11.9 Å². The molecule has 5 atom stereocenters. The summed E-state index contributed by atoms with van der Waals surface area (Å²) in [6.45, 7) is 6.51. The molecule has 3 aliphatic heterocycles. The van der Waals surface area contributed by atoms with Crippen LogP contribution in [0.4, 0.5) is 5.69 Å². The lowest BCUT2D eigenvalue weighted by Crippen LogP contribution is -2.50. The molecule has 0 saturated carbocycles. The molecule has 0 radical (unpaired) electrons. The van der Waals surface area contributed by atoms with Crippen molar-refractivity contribution in [1.29, 1.82) is 0 Å². The molecule has 1 amide bonds. The van der Waals surface area contributed by atoms with Gasteiger partial charge in [0.05, 0.1) is 16.6 Å². The van der Waals surface area contributed by atoms with Crippen molar-refractivity contribution >= 4 is 34.4 Å². The first-order chi connectivity index (χ1) is 18.6. The Kier molecular flexibility index (Phi) is 5.63. The van der Waals surface area contributed by atoms with Gasteiger partial charge in [0.15, 0.2) is 23.7 Å². The van der Waals surface area contributed by atoms with E-state index in [0.717, 1.165) is 5.06 Å². The summed E-state index contributed by atoms with van der Waals surface area (Å²) in [6.07, 6.45) is -1.98. The van der Waals surface area contributed by atoms with Crippen molar-refractivity contribution in [3.05, 3.63) is 70.3 Å². The first kappa shape index (κ1) is 25.2. The number of ether oxygens (including phenoxy) is 2. The topological polar surface area (TPSA) is 131 Å². The lowest BCUT2D eigenvalue weighted by Gasteiger charge is -2.33. The van der Waals surface area contributed by atoms with Gasteiger partial charge < -0.3 is 14.7 Å². The van der Waals surface area contributed by atoms with E-state index < -0.39 is 47.5 Å². The fourth-order valence-corrected chi connectivity index (χ4v) is 6.13. The molecule has 11 heteroatoms. The lowest BCUT2D eigenvalue weighted by molar-refractivity contribution is -0.190. The Balaban J connectivity index is 1.56. The van der Waals surface area contributed by atoms with Gasteiger partial charge in [-0.2, -0.15) is 5.06 Å². The van der Waals surface area contributed by atoms with E-state index in [-0.39, 0.29) is 24.1 Å². The van der Waals surface area contributed by atoms with Gasteiger partial charge in [-0.1, -0.05) is 44.2 Å². The molecular weight excluding hydrogens is 504 g/mol. The molecule has 0 bridgehead atoms. The summed E-state index contributed by atoms with van der Waals surface area (Å²) in [7, 11) is 0. The van der Waals surface area contributed by atoms with Crippen LogP contribution in [-0.4, -0.2) is 49.9 Å². The molecule has 1 spiro atoms. The second-order valence-corrected chi connectivity index (χ2v) is 10.6. The van der Waals surface area contributed by atoms with Crippen molar-refractivity contribution in [3.63, 3.8) is 0 Å². The van der Waals surface area contributed by atoms with Gasteiger partial charge in [-0.05, 0) is 31.0 Å². The second kappa shape index (κ2) is 8.72. The summed E-state index contributed by atoms with van der Waals surface area (Å²) in [5.74, 6) is -1.74. The van der Waals surface area contributed by atoms with Crippen LogP contribution in [0.1, 0.15) is 57.6 Å². The fourth-order valence-electron chi connectivity index (χ4n) is 6.13. The maximum absolute atomic E-state index is 14.0. The van der Waals surface area contributed by atoms with E-state index in [1.807, 2.05) is 13.8 Å². The Hall–Kier alpha value is -4.09. The third-order valence-corrected chi connectivity index (χ3v) is 7.87. The van der Waals surface area contributed by atoms with Crippen molar-refractivity contribution < 1.29 is 29.1 Å². The summed E-state index contributed by atoms with van der Waals surface area (Å²) in [5, 5.41) is 12.2. The molecule has 39 heavy (non-hydrogen) atoms. The molecule has 1 N–H and O–H groups in total. The van der Waals surface area contributed by atoms with Gasteiger partial charge in [-0.3, -0.25) is 23.9 Å². The zero-order valence-corrected chi connectivity index (χ0v) is 21.9. The first-order valence-corrected chi connectivity index (χ1v) is 12.9. The van der Waals surface area contributed by atoms with Crippen LogP contribution in [0.5, 0.6) is 0 Å². The maximum Gasteiger partial charge on any atom is 0.330 e. The first-order valence-electron chi connectivity index (χ1n) is 12.9. The summed E-state index contributed by atoms with van der Waals surface area (Å²) in [4.78, 5) is 59.1. The minimum atomic E-state index is -1.44. The number of rotatable bonds is 4. The molecule has 2 saturated heterocycles. The predicted octanol–water partition coefficient (Wildman–Crippen LogP) is 2.81. The highest BCUT2D eigenvalue weighted by molar-refractivity contribution is 6.02. The van der Waals surface area contributed by atoms with E-state index in [4.69, 9.17) is 14.5 Å².